The number of methoxy groups -OCH3 is 2. The normalized spacial score (nSPS) is 14.5. The van der Waals surface area contributed by atoms with E-state index in [2.05, 4.69) is 4.72 Å². The number of benzene rings is 2. The molecule has 6 nitrogen and oxygen atoms in total. The minimum Gasteiger partial charge on any atom is -0.497 e. The number of hydrogen-bond donors (Lipinski definition) is 1. The number of carbonyl (C=O) groups is 1. The number of carbonyl (C=O) groups excluding carboxylic acids is 1. The molecule has 0 radical (unpaired) electrons. The summed E-state index contributed by atoms with van der Waals surface area (Å²) in [5, 5.41) is 0. The molecule has 2 aromatic carbocycles. The molecule has 2 aromatic rings. The first-order valence-corrected chi connectivity index (χ1v) is 10.1. The van der Waals surface area contributed by atoms with Crippen LogP contribution in [0.2, 0.25) is 0 Å². The zero-order valence-electron chi connectivity index (χ0n) is 15.9. The molecule has 1 aliphatic carbocycles. The fourth-order valence-corrected chi connectivity index (χ4v) is 3.77. The Balaban J connectivity index is 2.00. The van der Waals surface area contributed by atoms with Crippen molar-refractivity contribution in [2.24, 2.45) is 0 Å². The third-order valence-electron chi connectivity index (χ3n) is 4.56. The number of allylic oxidation sites excluding steroid dienone is 2. The molecular weight excluding hydrogens is 378 g/mol. The molecule has 3 rings (SSSR count). The molecule has 0 atom stereocenters. The summed E-state index contributed by atoms with van der Waals surface area (Å²) < 4.78 is 36.1. The predicted octanol–water partition coefficient (Wildman–Crippen LogP) is 3.10. The van der Waals surface area contributed by atoms with Gasteiger partial charge in [0.25, 0.3) is 0 Å². The molecule has 1 aliphatic rings. The second-order valence-electron chi connectivity index (χ2n) is 6.21. The lowest BCUT2D eigenvalue weighted by atomic mass is 10.0. The van der Waals surface area contributed by atoms with E-state index in [9.17, 15) is 13.2 Å². The Bertz CT molecular complexity index is 1070. The third-order valence-corrected chi connectivity index (χ3v) is 5.99. The summed E-state index contributed by atoms with van der Waals surface area (Å²) in [6, 6.07) is 12.3. The first-order chi connectivity index (χ1) is 13.4. The van der Waals surface area contributed by atoms with Gasteiger partial charge < -0.3 is 9.47 Å². The maximum absolute atomic E-state index is 11.9. The Morgan fingerprint density at radius 2 is 1.79 bits per heavy atom. The van der Waals surface area contributed by atoms with Crippen LogP contribution in [-0.2, 0) is 19.6 Å². The van der Waals surface area contributed by atoms with Crippen molar-refractivity contribution in [2.75, 3.05) is 21.3 Å². The monoisotopic (exact) mass is 399 g/mol. The lowest BCUT2D eigenvalue weighted by Crippen LogP contribution is -2.18. The van der Waals surface area contributed by atoms with Gasteiger partial charge in [0.15, 0.2) is 0 Å². The molecule has 0 heterocycles. The summed E-state index contributed by atoms with van der Waals surface area (Å²) >= 11 is 0. The van der Waals surface area contributed by atoms with E-state index >= 15 is 0 Å². The highest BCUT2D eigenvalue weighted by molar-refractivity contribution is 7.89. The molecule has 1 N–H and O–H groups in total. The number of sulfonamides is 1. The van der Waals surface area contributed by atoms with Gasteiger partial charge in [-0.3, -0.25) is 4.79 Å². The number of hydrogen-bond acceptors (Lipinski definition) is 5. The van der Waals surface area contributed by atoms with Gasteiger partial charge in [-0.25, -0.2) is 13.1 Å². The second-order valence-corrected chi connectivity index (χ2v) is 8.10. The molecule has 28 heavy (non-hydrogen) atoms. The molecule has 0 aliphatic heterocycles. The van der Waals surface area contributed by atoms with Crippen LogP contribution < -0.4 is 9.46 Å². The maximum atomic E-state index is 11.9. The fourth-order valence-electron chi connectivity index (χ4n) is 3.04. The van der Waals surface area contributed by atoms with Crippen LogP contribution >= 0.6 is 0 Å². The molecule has 0 saturated carbocycles. The zero-order chi connectivity index (χ0) is 20.3. The van der Waals surface area contributed by atoms with Crippen molar-refractivity contribution in [1.82, 2.24) is 4.72 Å². The zero-order valence-corrected chi connectivity index (χ0v) is 16.7. The fraction of sp³-hybridized carbons (Fsp3) is 0.190. The van der Waals surface area contributed by atoms with Crippen molar-refractivity contribution in [3.8, 4) is 5.75 Å². The smallest absolute Gasteiger partial charge is 0.310 e. The van der Waals surface area contributed by atoms with E-state index in [4.69, 9.17) is 9.47 Å². The van der Waals surface area contributed by atoms with Crippen LogP contribution in [0.3, 0.4) is 0 Å². The van der Waals surface area contributed by atoms with Crippen molar-refractivity contribution in [2.45, 2.75) is 11.3 Å². The van der Waals surface area contributed by atoms with Gasteiger partial charge in [0.2, 0.25) is 10.0 Å². The minimum absolute atomic E-state index is 0.160. The van der Waals surface area contributed by atoms with Crippen LogP contribution in [0.15, 0.2) is 53.4 Å². The van der Waals surface area contributed by atoms with Gasteiger partial charge in [0.05, 0.1) is 25.5 Å². The SMILES string of the molecule is CNS(=O)(=O)c1ccc(/C=C2/C=C(CC(=O)OC)c3cc(OC)ccc32)cc1. The summed E-state index contributed by atoms with van der Waals surface area (Å²) in [4.78, 5) is 12.0. The molecule has 0 unspecified atom stereocenters. The average molecular weight is 399 g/mol. The first-order valence-electron chi connectivity index (χ1n) is 8.59. The van der Waals surface area contributed by atoms with E-state index in [1.165, 1.54) is 14.2 Å². The van der Waals surface area contributed by atoms with Crippen LogP contribution in [0.5, 0.6) is 5.75 Å². The summed E-state index contributed by atoms with van der Waals surface area (Å²) in [6.07, 6.45) is 4.05. The molecule has 0 amide bonds. The van der Waals surface area contributed by atoms with E-state index in [1.54, 1.807) is 31.4 Å². The van der Waals surface area contributed by atoms with Crippen LogP contribution in [-0.4, -0.2) is 35.7 Å². The average Bonchev–Trinajstić information content (AvgIpc) is 3.04. The largest absolute Gasteiger partial charge is 0.497 e. The number of rotatable bonds is 6. The first kappa shape index (κ1) is 19.9. The Kier molecular flexibility index (Phi) is 5.67. The third kappa shape index (κ3) is 4.00. The lowest BCUT2D eigenvalue weighted by molar-refractivity contribution is -0.139. The number of esters is 1. The van der Waals surface area contributed by atoms with Gasteiger partial charge in [0.1, 0.15) is 5.75 Å². The van der Waals surface area contributed by atoms with Gasteiger partial charge in [-0.2, -0.15) is 0 Å². The van der Waals surface area contributed by atoms with Crippen LogP contribution in [0.25, 0.3) is 17.2 Å². The molecule has 0 saturated heterocycles. The molecule has 0 fully saturated rings. The molecule has 0 aromatic heterocycles. The van der Waals surface area contributed by atoms with Crippen molar-refractivity contribution in [1.29, 1.82) is 0 Å². The molecular formula is C21H21NO5S. The van der Waals surface area contributed by atoms with Crippen LogP contribution in [0.4, 0.5) is 0 Å². The van der Waals surface area contributed by atoms with Crippen LogP contribution in [0, 0.1) is 0 Å². The Morgan fingerprint density at radius 1 is 1.07 bits per heavy atom. The highest BCUT2D eigenvalue weighted by Crippen LogP contribution is 2.40. The van der Waals surface area contributed by atoms with Crippen molar-refractivity contribution in [3.63, 3.8) is 0 Å². The molecule has 0 spiro atoms. The standard InChI is InChI=1S/C21H21NO5S/c1-22-28(24,25)18-7-4-14(5-8-18)10-15-11-16(12-21(23)27-3)20-13-17(26-2)6-9-19(15)20/h4-11,13,22H,12H2,1-3H3/b15-10-. The quantitative estimate of drug-likeness (QED) is 0.755. The maximum Gasteiger partial charge on any atom is 0.310 e. The summed E-state index contributed by atoms with van der Waals surface area (Å²) in [5.41, 5.74) is 4.53. The van der Waals surface area contributed by atoms with Gasteiger partial charge >= 0.3 is 5.97 Å². The Hall–Kier alpha value is -2.90. The van der Waals surface area contributed by atoms with E-state index in [-0.39, 0.29) is 17.3 Å². The number of ether oxygens (including phenoxy) is 2. The van der Waals surface area contributed by atoms with Gasteiger partial charge in [-0.05, 0) is 71.3 Å². The highest BCUT2D eigenvalue weighted by atomic mass is 32.2. The highest BCUT2D eigenvalue weighted by Gasteiger charge is 2.21. The van der Waals surface area contributed by atoms with Gasteiger partial charge in [0, 0.05) is 0 Å². The molecule has 146 valence electrons. The minimum atomic E-state index is -3.47. The van der Waals surface area contributed by atoms with Crippen molar-refractivity contribution < 1.29 is 22.7 Å². The number of fused-ring (bicyclic) bond motifs is 1. The van der Waals surface area contributed by atoms with Gasteiger partial charge in [-0.1, -0.05) is 18.2 Å². The topological polar surface area (TPSA) is 81.7 Å². The van der Waals surface area contributed by atoms with E-state index < -0.39 is 10.0 Å². The number of nitrogens with one attached hydrogen (secondary N) is 1. The summed E-state index contributed by atoms with van der Waals surface area (Å²) in [5.74, 6) is 0.389. The summed E-state index contributed by atoms with van der Waals surface area (Å²) in [6.45, 7) is 0. The predicted molar refractivity (Wildman–Crippen MR) is 108 cm³/mol. The lowest BCUT2D eigenvalue weighted by Gasteiger charge is -2.08. The molecule has 7 heteroatoms. The Labute approximate surface area is 164 Å². The van der Waals surface area contributed by atoms with Gasteiger partial charge in [-0.15, -0.1) is 0 Å². The van der Waals surface area contributed by atoms with Crippen molar-refractivity contribution >= 4 is 33.2 Å². The summed E-state index contributed by atoms with van der Waals surface area (Å²) in [7, 11) is 0.864. The molecule has 0 bridgehead atoms. The van der Waals surface area contributed by atoms with E-state index in [0.717, 1.165) is 27.8 Å². The van der Waals surface area contributed by atoms with E-state index in [1.807, 2.05) is 30.4 Å². The van der Waals surface area contributed by atoms with Crippen LogP contribution in [0.1, 0.15) is 23.1 Å². The second kappa shape index (κ2) is 8.00. The Morgan fingerprint density at radius 3 is 2.39 bits per heavy atom. The van der Waals surface area contributed by atoms with E-state index in [0.29, 0.717) is 5.75 Å². The van der Waals surface area contributed by atoms with Crippen molar-refractivity contribution in [3.05, 3.63) is 65.2 Å².